The summed E-state index contributed by atoms with van der Waals surface area (Å²) in [6.45, 7) is 1.28. The van der Waals surface area contributed by atoms with E-state index in [1.165, 1.54) is 23.9 Å². The molecule has 212 valence electrons. The SMILES string of the molecule is CCOC(=O)C1(CCSC)CN(C(=O)Nc2ccc(OC(F)(F)F)cc2)N=C1c1ccc(C(F)(F)F)c(Cl)c1. The molecule has 0 saturated carbocycles. The van der Waals surface area contributed by atoms with Gasteiger partial charge in [-0.25, -0.2) is 9.80 Å². The summed E-state index contributed by atoms with van der Waals surface area (Å²) in [5.41, 5.74) is -2.42. The van der Waals surface area contributed by atoms with E-state index in [9.17, 15) is 35.9 Å². The fourth-order valence-electron chi connectivity index (χ4n) is 3.86. The second-order valence-electron chi connectivity index (χ2n) is 8.25. The van der Waals surface area contributed by atoms with Gasteiger partial charge in [0.2, 0.25) is 0 Å². The van der Waals surface area contributed by atoms with Gasteiger partial charge in [-0.1, -0.05) is 17.7 Å². The van der Waals surface area contributed by atoms with E-state index in [4.69, 9.17) is 16.3 Å². The van der Waals surface area contributed by atoms with Crippen LogP contribution >= 0.6 is 23.4 Å². The summed E-state index contributed by atoms with van der Waals surface area (Å²) in [7, 11) is 0. The summed E-state index contributed by atoms with van der Waals surface area (Å²) < 4.78 is 86.1. The first kappa shape index (κ1) is 30.4. The molecule has 2 aromatic carbocycles. The van der Waals surface area contributed by atoms with Crippen LogP contribution in [0.3, 0.4) is 0 Å². The fraction of sp³-hybridized carbons (Fsp3) is 0.375. The Morgan fingerprint density at radius 2 is 1.79 bits per heavy atom. The molecule has 1 atom stereocenters. The summed E-state index contributed by atoms with van der Waals surface area (Å²) >= 11 is 7.32. The Morgan fingerprint density at radius 1 is 1.13 bits per heavy atom. The zero-order chi connectivity index (χ0) is 29.0. The number of carbonyl (C=O) groups excluding carboxylic acids is 2. The van der Waals surface area contributed by atoms with Crippen LogP contribution in [-0.2, 0) is 15.7 Å². The highest BCUT2D eigenvalue weighted by Gasteiger charge is 2.52. The number of amides is 2. The molecular weight excluding hydrogens is 576 g/mol. The largest absolute Gasteiger partial charge is 0.573 e. The van der Waals surface area contributed by atoms with Gasteiger partial charge in [0.25, 0.3) is 0 Å². The predicted molar refractivity (Wildman–Crippen MR) is 134 cm³/mol. The number of nitrogens with zero attached hydrogens (tertiary/aromatic N) is 2. The molecule has 0 saturated heterocycles. The molecule has 1 aliphatic rings. The van der Waals surface area contributed by atoms with Crippen LogP contribution in [0.4, 0.5) is 36.8 Å². The lowest BCUT2D eigenvalue weighted by molar-refractivity contribution is -0.274. The molecule has 7 nitrogen and oxygen atoms in total. The maximum atomic E-state index is 13.3. The number of halogens is 7. The van der Waals surface area contributed by atoms with Gasteiger partial charge in [0.15, 0.2) is 0 Å². The molecule has 1 aliphatic heterocycles. The summed E-state index contributed by atoms with van der Waals surface area (Å²) in [6.07, 6.45) is -7.68. The van der Waals surface area contributed by atoms with Crippen LogP contribution in [0.5, 0.6) is 5.75 Å². The predicted octanol–water partition coefficient (Wildman–Crippen LogP) is 6.81. The first-order valence-corrected chi connectivity index (χ1v) is 13.0. The normalized spacial score (nSPS) is 17.6. The van der Waals surface area contributed by atoms with Crippen LogP contribution in [-0.4, -0.2) is 54.2 Å². The molecule has 0 fully saturated rings. The number of hydrogen-bond acceptors (Lipinski definition) is 6. The van der Waals surface area contributed by atoms with Crippen molar-refractivity contribution in [2.75, 3.05) is 30.5 Å². The van der Waals surface area contributed by atoms with Crippen molar-refractivity contribution in [3.63, 3.8) is 0 Å². The standard InChI is InChI=1S/C24H22ClF6N3O4S/c1-3-37-20(35)22(10-11-39-2)13-34(21(36)32-15-5-7-16(8-6-15)38-24(29,30)31)33-19(22)14-4-9-17(18(25)12-14)23(26,27)28/h4-9,12H,3,10-11,13H2,1-2H3,(H,32,36). The van der Waals surface area contributed by atoms with Gasteiger partial charge in [-0.3, -0.25) is 4.79 Å². The van der Waals surface area contributed by atoms with Crippen molar-refractivity contribution < 1.29 is 45.4 Å². The third-order valence-electron chi connectivity index (χ3n) is 5.61. The molecular formula is C24H22ClF6N3O4S. The number of rotatable bonds is 8. The minimum absolute atomic E-state index is 0.000555. The smallest absolute Gasteiger partial charge is 0.465 e. The average Bonchev–Trinajstić information content (AvgIpc) is 3.23. The maximum Gasteiger partial charge on any atom is 0.573 e. The number of ether oxygens (including phenoxy) is 2. The molecule has 0 spiro atoms. The Morgan fingerprint density at radius 3 is 2.33 bits per heavy atom. The van der Waals surface area contributed by atoms with E-state index in [0.29, 0.717) is 5.75 Å². The minimum atomic E-state index is -4.89. The van der Waals surface area contributed by atoms with Crippen LogP contribution in [0.2, 0.25) is 5.02 Å². The van der Waals surface area contributed by atoms with E-state index in [0.717, 1.165) is 35.3 Å². The third kappa shape index (κ3) is 7.29. The Balaban J connectivity index is 1.98. The fourth-order valence-corrected chi connectivity index (χ4v) is 4.70. The first-order valence-electron chi connectivity index (χ1n) is 11.3. The summed E-state index contributed by atoms with van der Waals surface area (Å²) in [6, 6.07) is 6.38. The molecule has 0 radical (unpaired) electrons. The number of hydrazone groups is 1. The van der Waals surface area contributed by atoms with E-state index >= 15 is 0 Å². The van der Waals surface area contributed by atoms with Crippen molar-refractivity contribution >= 4 is 46.8 Å². The second-order valence-corrected chi connectivity index (χ2v) is 9.64. The molecule has 1 heterocycles. The van der Waals surface area contributed by atoms with Gasteiger partial charge in [0.05, 0.1) is 29.4 Å². The van der Waals surface area contributed by atoms with Crippen LogP contribution in [0, 0.1) is 5.41 Å². The number of thioether (sulfide) groups is 1. The van der Waals surface area contributed by atoms with Gasteiger partial charge >= 0.3 is 24.5 Å². The van der Waals surface area contributed by atoms with E-state index in [1.54, 1.807) is 13.2 Å². The quantitative estimate of drug-likeness (QED) is 0.267. The number of alkyl halides is 6. The van der Waals surface area contributed by atoms with Gasteiger partial charge in [-0.15, -0.1) is 13.2 Å². The summed E-state index contributed by atoms with van der Waals surface area (Å²) in [4.78, 5) is 26.3. The van der Waals surface area contributed by atoms with Crippen LogP contribution in [0.25, 0.3) is 0 Å². The van der Waals surface area contributed by atoms with Crippen LogP contribution in [0.15, 0.2) is 47.6 Å². The molecule has 39 heavy (non-hydrogen) atoms. The number of nitrogens with one attached hydrogen (secondary N) is 1. The number of urea groups is 1. The van der Waals surface area contributed by atoms with Gasteiger partial charge in [0.1, 0.15) is 11.2 Å². The van der Waals surface area contributed by atoms with Crippen molar-refractivity contribution in [1.29, 1.82) is 0 Å². The Bertz CT molecular complexity index is 1240. The third-order valence-corrected chi connectivity index (χ3v) is 6.54. The van der Waals surface area contributed by atoms with Crippen LogP contribution < -0.4 is 10.1 Å². The van der Waals surface area contributed by atoms with Gasteiger partial charge in [-0.2, -0.15) is 30.0 Å². The topological polar surface area (TPSA) is 80.2 Å². The number of hydrogen-bond donors (Lipinski definition) is 1. The van der Waals surface area contributed by atoms with Gasteiger partial charge < -0.3 is 14.8 Å². The monoisotopic (exact) mass is 597 g/mol. The highest BCUT2D eigenvalue weighted by Crippen LogP contribution is 2.40. The van der Waals surface area contributed by atoms with Crippen molar-refractivity contribution in [3.8, 4) is 5.75 Å². The zero-order valence-electron chi connectivity index (χ0n) is 20.5. The van der Waals surface area contributed by atoms with E-state index in [1.807, 2.05) is 0 Å². The zero-order valence-corrected chi connectivity index (χ0v) is 22.0. The Labute approximate surface area is 228 Å². The Kier molecular flexibility index (Phi) is 9.31. The lowest BCUT2D eigenvalue weighted by Crippen LogP contribution is -2.45. The van der Waals surface area contributed by atoms with E-state index in [-0.39, 0.29) is 36.5 Å². The lowest BCUT2D eigenvalue weighted by Gasteiger charge is -2.28. The van der Waals surface area contributed by atoms with Gasteiger partial charge in [-0.05, 0) is 61.8 Å². The molecule has 0 aromatic heterocycles. The second kappa shape index (κ2) is 11.9. The maximum absolute atomic E-state index is 13.3. The molecule has 2 aromatic rings. The van der Waals surface area contributed by atoms with Crippen molar-refractivity contribution in [2.24, 2.45) is 10.5 Å². The summed E-state index contributed by atoms with van der Waals surface area (Å²) in [5, 5.41) is 7.04. The Hall–Kier alpha value is -3.13. The number of carbonyl (C=O) groups is 2. The van der Waals surface area contributed by atoms with Crippen molar-refractivity contribution in [3.05, 3.63) is 58.6 Å². The molecule has 1 N–H and O–H groups in total. The first-order chi connectivity index (χ1) is 18.2. The highest BCUT2D eigenvalue weighted by molar-refractivity contribution is 7.98. The van der Waals surface area contributed by atoms with Crippen molar-refractivity contribution in [1.82, 2.24) is 5.01 Å². The molecule has 2 amide bonds. The highest BCUT2D eigenvalue weighted by atomic mass is 35.5. The molecule has 15 heteroatoms. The summed E-state index contributed by atoms with van der Waals surface area (Å²) in [5.74, 6) is -0.806. The minimum Gasteiger partial charge on any atom is -0.465 e. The molecule has 0 bridgehead atoms. The number of anilines is 1. The lowest BCUT2D eigenvalue weighted by atomic mass is 9.77. The molecule has 0 aliphatic carbocycles. The number of esters is 1. The van der Waals surface area contributed by atoms with Gasteiger partial charge in [0, 0.05) is 11.3 Å². The number of benzene rings is 2. The average molecular weight is 598 g/mol. The van der Waals surface area contributed by atoms with Crippen LogP contribution in [0.1, 0.15) is 24.5 Å². The van der Waals surface area contributed by atoms with Crippen molar-refractivity contribution in [2.45, 2.75) is 25.9 Å². The molecule has 1 unspecified atom stereocenters. The van der Waals surface area contributed by atoms with E-state index in [2.05, 4.69) is 15.2 Å². The van der Waals surface area contributed by atoms with E-state index < -0.39 is 46.3 Å². The molecule has 3 rings (SSSR count).